The predicted octanol–water partition coefficient (Wildman–Crippen LogP) is 2.63. The van der Waals surface area contributed by atoms with Crippen molar-refractivity contribution in [3.05, 3.63) is 52.3 Å². The van der Waals surface area contributed by atoms with Crippen molar-refractivity contribution < 1.29 is 4.79 Å². The number of piperazine rings is 1. The van der Waals surface area contributed by atoms with Crippen molar-refractivity contribution in [2.24, 2.45) is 5.92 Å². The molecule has 1 amide bonds. The molecule has 0 aliphatic carbocycles. The molecule has 1 aliphatic heterocycles. The summed E-state index contributed by atoms with van der Waals surface area (Å²) >= 11 is 0. The van der Waals surface area contributed by atoms with E-state index in [4.69, 9.17) is 0 Å². The van der Waals surface area contributed by atoms with E-state index in [0.29, 0.717) is 13.1 Å². The summed E-state index contributed by atoms with van der Waals surface area (Å²) in [5, 5.41) is 4.56. The number of amides is 1. The van der Waals surface area contributed by atoms with Crippen molar-refractivity contribution in [1.29, 1.82) is 0 Å². The molecule has 1 aromatic carbocycles. The van der Waals surface area contributed by atoms with Gasteiger partial charge in [-0.1, -0.05) is 31.5 Å². The lowest BCUT2D eigenvalue weighted by Crippen LogP contribution is -2.50. The number of anilines is 1. The molecule has 0 unspecified atom stereocenters. The highest BCUT2D eigenvalue weighted by molar-refractivity contribution is 5.79. The molecule has 3 rings (SSSR count). The van der Waals surface area contributed by atoms with Gasteiger partial charge < -0.3 is 9.80 Å². The Labute approximate surface area is 160 Å². The first-order chi connectivity index (χ1) is 13.0. The summed E-state index contributed by atoms with van der Waals surface area (Å²) in [4.78, 5) is 28.9. The number of carbonyl (C=O) groups excluding carboxylic acids is 1. The Morgan fingerprint density at radius 3 is 2.22 bits per heavy atom. The number of nitrogens with zero attached hydrogens (tertiary/aromatic N) is 4. The monoisotopic (exact) mass is 368 g/mol. The topological polar surface area (TPSA) is 58.4 Å². The summed E-state index contributed by atoms with van der Waals surface area (Å²) in [6.07, 6.45) is 1.78. The van der Waals surface area contributed by atoms with Gasteiger partial charge in [0.1, 0.15) is 5.82 Å². The zero-order valence-corrected chi connectivity index (χ0v) is 16.4. The minimum Gasteiger partial charge on any atom is -0.352 e. The summed E-state index contributed by atoms with van der Waals surface area (Å²) in [6.45, 7) is 9.00. The molecule has 144 valence electrons. The van der Waals surface area contributed by atoms with Crippen LogP contribution >= 0.6 is 0 Å². The molecule has 1 saturated heterocycles. The van der Waals surface area contributed by atoms with E-state index in [1.807, 2.05) is 36.1 Å². The molecule has 1 aromatic heterocycles. The van der Waals surface area contributed by atoms with Gasteiger partial charge in [0.05, 0.1) is 5.69 Å². The maximum Gasteiger partial charge on any atom is 0.271 e. The van der Waals surface area contributed by atoms with E-state index in [9.17, 15) is 9.59 Å². The fourth-order valence-corrected chi connectivity index (χ4v) is 3.49. The van der Waals surface area contributed by atoms with Crippen LogP contribution in [0.3, 0.4) is 0 Å². The van der Waals surface area contributed by atoms with Gasteiger partial charge in [-0.05, 0) is 38.0 Å². The Kier molecular flexibility index (Phi) is 5.94. The van der Waals surface area contributed by atoms with E-state index in [-0.39, 0.29) is 17.4 Å². The predicted molar refractivity (Wildman–Crippen MR) is 107 cm³/mol. The zero-order valence-electron chi connectivity index (χ0n) is 16.4. The molecule has 0 saturated carbocycles. The van der Waals surface area contributed by atoms with Crippen LogP contribution in [0.2, 0.25) is 0 Å². The smallest absolute Gasteiger partial charge is 0.271 e. The highest BCUT2D eigenvalue weighted by atomic mass is 16.2. The van der Waals surface area contributed by atoms with Gasteiger partial charge in [-0.3, -0.25) is 9.59 Å². The number of carbonyl (C=O) groups is 1. The van der Waals surface area contributed by atoms with Crippen LogP contribution in [-0.2, 0) is 4.79 Å². The molecular formula is C21H28N4O2. The van der Waals surface area contributed by atoms with Crippen LogP contribution in [0.1, 0.15) is 32.3 Å². The van der Waals surface area contributed by atoms with E-state index in [1.165, 1.54) is 4.68 Å². The zero-order chi connectivity index (χ0) is 19.4. The number of aromatic nitrogens is 2. The molecule has 1 aliphatic rings. The molecule has 6 heteroatoms. The molecule has 0 spiro atoms. The van der Waals surface area contributed by atoms with Crippen molar-refractivity contribution in [3.8, 4) is 5.69 Å². The van der Waals surface area contributed by atoms with Gasteiger partial charge in [-0.15, -0.1) is 5.10 Å². The van der Waals surface area contributed by atoms with Crippen LogP contribution in [0.15, 0.2) is 41.2 Å². The van der Waals surface area contributed by atoms with Gasteiger partial charge in [0, 0.05) is 38.2 Å². The average Bonchev–Trinajstić information content (AvgIpc) is 2.70. The Hall–Kier alpha value is -2.63. The van der Waals surface area contributed by atoms with Gasteiger partial charge in [0.2, 0.25) is 5.91 Å². The van der Waals surface area contributed by atoms with Crippen molar-refractivity contribution in [2.75, 3.05) is 31.1 Å². The lowest BCUT2D eigenvalue weighted by atomic mass is 10.0. The van der Waals surface area contributed by atoms with Crippen molar-refractivity contribution in [1.82, 2.24) is 14.7 Å². The second kappa shape index (κ2) is 8.37. The summed E-state index contributed by atoms with van der Waals surface area (Å²) in [6, 6.07) is 11.1. The maximum absolute atomic E-state index is 12.6. The third kappa shape index (κ3) is 4.21. The summed E-state index contributed by atoms with van der Waals surface area (Å²) < 4.78 is 1.44. The standard InChI is InChI=1S/C21H28N4O2/c1-4-17(5-2)21(27)24-14-12-23(13-15-24)19-10-11-20(26)25(22-19)18-8-6-16(3)7-9-18/h6-11,17H,4-5,12-15H2,1-3H3. The molecule has 6 nitrogen and oxygen atoms in total. The van der Waals surface area contributed by atoms with E-state index in [1.54, 1.807) is 12.1 Å². The van der Waals surface area contributed by atoms with E-state index in [0.717, 1.165) is 43.0 Å². The third-order valence-corrected chi connectivity index (χ3v) is 5.31. The van der Waals surface area contributed by atoms with Gasteiger partial charge in [-0.2, -0.15) is 4.68 Å². The molecule has 2 aromatic rings. The second-order valence-corrected chi connectivity index (χ2v) is 7.10. The largest absolute Gasteiger partial charge is 0.352 e. The number of hydrogen-bond acceptors (Lipinski definition) is 4. The van der Waals surface area contributed by atoms with Crippen LogP contribution in [0.4, 0.5) is 5.82 Å². The fourth-order valence-electron chi connectivity index (χ4n) is 3.49. The minimum atomic E-state index is -0.148. The molecule has 0 radical (unpaired) electrons. The summed E-state index contributed by atoms with van der Waals surface area (Å²) in [7, 11) is 0. The molecule has 1 fully saturated rings. The Morgan fingerprint density at radius 2 is 1.63 bits per heavy atom. The van der Waals surface area contributed by atoms with Gasteiger partial charge in [0.25, 0.3) is 5.56 Å². The van der Waals surface area contributed by atoms with Crippen LogP contribution < -0.4 is 10.5 Å². The van der Waals surface area contributed by atoms with Crippen LogP contribution in [-0.4, -0.2) is 46.8 Å². The van der Waals surface area contributed by atoms with E-state index >= 15 is 0 Å². The Balaban J connectivity index is 1.73. The minimum absolute atomic E-state index is 0.123. The first kappa shape index (κ1) is 19.1. The normalized spacial score (nSPS) is 14.7. The van der Waals surface area contributed by atoms with E-state index in [2.05, 4.69) is 23.8 Å². The van der Waals surface area contributed by atoms with Crippen LogP contribution in [0.5, 0.6) is 0 Å². The van der Waals surface area contributed by atoms with Crippen molar-refractivity contribution >= 4 is 11.7 Å². The lowest BCUT2D eigenvalue weighted by Gasteiger charge is -2.36. The highest BCUT2D eigenvalue weighted by Crippen LogP contribution is 2.17. The third-order valence-electron chi connectivity index (χ3n) is 5.31. The maximum atomic E-state index is 12.6. The molecular weight excluding hydrogens is 340 g/mol. The van der Waals surface area contributed by atoms with Gasteiger partial charge in [-0.25, -0.2) is 0 Å². The Bertz CT molecular complexity index is 832. The quantitative estimate of drug-likeness (QED) is 0.814. The second-order valence-electron chi connectivity index (χ2n) is 7.10. The first-order valence-corrected chi connectivity index (χ1v) is 9.74. The van der Waals surface area contributed by atoms with Crippen molar-refractivity contribution in [2.45, 2.75) is 33.6 Å². The molecule has 27 heavy (non-hydrogen) atoms. The van der Waals surface area contributed by atoms with Crippen LogP contribution in [0.25, 0.3) is 5.69 Å². The molecule has 0 atom stereocenters. The highest BCUT2D eigenvalue weighted by Gasteiger charge is 2.26. The average molecular weight is 368 g/mol. The molecule has 2 heterocycles. The van der Waals surface area contributed by atoms with Crippen LogP contribution in [0, 0.1) is 12.8 Å². The first-order valence-electron chi connectivity index (χ1n) is 9.74. The number of hydrogen-bond donors (Lipinski definition) is 0. The number of rotatable bonds is 5. The Morgan fingerprint density at radius 1 is 1.00 bits per heavy atom. The van der Waals surface area contributed by atoms with E-state index < -0.39 is 0 Å². The summed E-state index contributed by atoms with van der Waals surface area (Å²) in [5.74, 6) is 1.15. The van der Waals surface area contributed by atoms with Crippen molar-refractivity contribution in [3.63, 3.8) is 0 Å². The summed E-state index contributed by atoms with van der Waals surface area (Å²) in [5.41, 5.74) is 1.75. The molecule has 0 bridgehead atoms. The lowest BCUT2D eigenvalue weighted by molar-refractivity contribution is -0.136. The molecule has 0 N–H and O–H groups in total. The number of aryl methyl sites for hydroxylation is 1. The van der Waals surface area contributed by atoms with Gasteiger partial charge >= 0.3 is 0 Å². The SMILES string of the molecule is CCC(CC)C(=O)N1CCN(c2ccc(=O)n(-c3ccc(C)cc3)n2)CC1. The fraction of sp³-hybridized carbons (Fsp3) is 0.476. The van der Waals surface area contributed by atoms with Gasteiger partial charge in [0.15, 0.2) is 0 Å². The number of benzene rings is 1.